The van der Waals surface area contributed by atoms with Crippen LogP contribution < -0.4 is 5.32 Å². The van der Waals surface area contributed by atoms with Gasteiger partial charge in [-0.1, -0.05) is 30.3 Å². The molecule has 1 atom stereocenters. The van der Waals surface area contributed by atoms with Crippen LogP contribution in [0.5, 0.6) is 0 Å². The van der Waals surface area contributed by atoms with Crippen LogP contribution in [0.15, 0.2) is 63.9 Å². The van der Waals surface area contributed by atoms with Crippen molar-refractivity contribution >= 4 is 15.9 Å². The quantitative estimate of drug-likeness (QED) is 0.681. The Labute approximate surface area is 163 Å². The molecule has 2 aromatic carbocycles. The molecule has 0 bridgehead atoms. The minimum atomic E-state index is -3.52. The maximum atomic E-state index is 12.3. The van der Waals surface area contributed by atoms with Gasteiger partial charge in [-0.25, -0.2) is 12.7 Å². The zero-order valence-electron chi connectivity index (χ0n) is 15.7. The molecule has 0 saturated heterocycles. The van der Waals surface area contributed by atoms with Crippen LogP contribution in [0.4, 0.5) is 0 Å². The number of nitrogens with one attached hydrogen (secondary N) is 1. The van der Waals surface area contributed by atoms with Gasteiger partial charge in [0.2, 0.25) is 15.9 Å². The summed E-state index contributed by atoms with van der Waals surface area (Å²) in [5.74, 6) is -0.518. The number of sulfonamides is 1. The lowest BCUT2D eigenvalue weighted by atomic mass is 10.1. The molecule has 0 aliphatic carbocycles. The zero-order valence-corrected chi connectivity index (χ0v) is 16.5. The number of carbonyl (C=O) groups excluding carboxylic acids is 1. The Hall–Kier alpha value is -3.04. The highest BCUT2D eigenvalue weighted by atomic mass is 32.2. The Bertz CT molecular complexity index is 1060. The summed E-state index contributed by atoms with van der Waals surface area (Å²) in [7, 11) is -0.600. The Kier molecular flexibility index (Phi) is 5.57. The van der Waals surface area contributed by atoms with E-state index in [-0.39, 0.29) is 22.7 Å². The normalized spacial score (nSPS) is 12.7. The lowest BCUT2D eigenvalue weighted by Gasteiger charge is -2.12. The fourth-order valence-corrected chi connectivity index (χ4v) is 3.40. The summed E-state index contributed by atoms with van der Waals surface area (Å²) in [5, 5.41) is 10.5. The highest BCUT2D eigenvalue weighted by Crippen LogP contribution is 2.22. The molecule has 1 amide bonds. The summed E-state index contributed by atoms with van der Waals surface area (Å²) in [6.45, 7) is 1.86. The third-order valence-corrected chi connectivity index (χ3v) is 5.98. The molecule has 146 valence electrons. The first kappa shape index (κ1) is 19.7. The molecule has 0 unspecified atom stereocenters. The number of amides is 1. The van der Waals surface area contributed by atoms with E-state index < -0.39 is 15.9 Å². The standard InChI is InChI=1S/C19H20N4O4S/c1-13(14-7-5-4-6-8-14)20-17(24)19-22-21-18(27-19)15-9-11-16(12-10-15)28(25,26)23(2)3/h4-13H,1-3H3,(H,20,24)/t13-/m0/s1. The average molecular weight is 400 g/mol. The van der Waals surface area contributed by atoms with Gasteiger partial charge < -0.3 is 9.73 Å². The van der Waals surface area contributed by atoms with Crippen LogP contribution >= 0.6 is 0 Å². The van der Waals surface area contributed by atoms with Gasteiger partial charge in [0.05, 0.1) is 10.9 Å². The Morgan fingerprint density at radius 1 is 1.04 bits per heavy atom. The van der Waals surface area contributed by atoms with Crippen molar-refractivity contribution in [2.75, 3.05) is 14.1 Å². The zero-order chi connectivity index (χ0) is 20.3. The molecule has 28 heavy (non-hydrogen) atoms. The van der Waals surface area contributed by atoms with E-state index in [0.717, 1.165) is 9.87 Å². The van der Waals surface area contributed by atoms with Gasteiger partial charge in [0.1, 0.15) is 0 Å². The molecule has 1 aromatic heterocycles. The van der Waals surface area contributed by atoms with Crippen molar-refractivity contribution in [1.29, 1.82) is 0 Å². The molecule has 0 aliphatic heterocycles. The number of nitrogens with zero attached hydrogens (tertiary/aromatic N) is 3. The van der Waals surface area contributed by atoms with Crippen LogP contribution in [-0.2, 0) is 10.0 Å². The lowest BCUT2D eigenvalue weighted by Crippen LogP contribution is -2.26. The van der Waals surface area contributed by atoms with E-state index in [9.17, 15) is 13.2 Å². The summed E-state index contributed by atoms with van der Waals surface area (Å²) in [6.07, 6.45) is 0. The Balaban J connectivity index is 1.74. The summed E-state index contributed by atoms with van der Waals surface area (Å²) >= 11 is 0. The summed E-state index contributed by atoms with van der Waals surface area (Å²) in [5.41, 5.74) is 1.47. The Morgan fingerprint density at radius 2 is 1.68 bits per heavy atom. The molecule has 0 fully saturated rings. The topological polar surface area (TPSA) is 105 Å². The van der Waals surface area contributed by atoms with Gasteiger partial charge in [0.25, 0.3) is 0 Å². The minimum absolute atomic E-state index is 0.131. The second-order valence-corrected chi connectivity index (χ2v) is 8.48. The number of rotatable bonds is 6. The second-order valence-electron chi connectivity index (χ2n) is 6.33. The first-order chi connectivity index (χ1) is 13.3. The molecular weight excluding hydrogens is 380 g/mol. The van der Waals surface area contributed by atoms with Crippen molar-refractivity contribution < 1.29 is 17.6 Å². The first-order valence-electron chi connectivity index (χ1n) is 8.51. The van der Waals surface area contributed by atoms with Crippen molar-refractivity contribution in [3.8, 4) is 11.5 Å². The monoisotopic (exact) mass is 400 g/mol. The summed E-state index contributed by atoms with van der Waals surface area (Å²) in [6, 6.07) is 15.3. The van der Waals surface area contributed by atoms with Crippen molar-refractivity contribution in [2.45, 2.75) is 17.9 Å². The molecular formula is C19H20N4O4S. The highest BCUT2D eigenvalue weighted by Gasteiger charge is 2.20. The minimum Gasteiger partial charge on any atom is -0.412 e. The molecule has 1 heterocycles. The summed E-state index contributed by atoms with van der Waals surface area (Å²) in [4.78, 5) is 12.5. The van der Waals surface area contributed by atoms with Crippen LogP contribution in [0, 0.1) is 0 Å². The van der Waals surface area contributed by atoms with Gasteiger partial charge in [-0.2, -0.15) is 0 Å². The van der Waals surface area contributed by atoms with Crippen molar-refractivity contribution in [3.05, 3.63) is 66.1 Å². The highest BCUT2D eigenvalue weighted by molar-refractivity contribution is 7.89. The predicted molar refractivity (Wildman–Crippen MR) is 103 cm³/mol. The molecule has 0 radical (unpaired) electrons. The predicted octanol–water partition coefficient (Wildman–Crippen LogP) is 2.48. The molecule has 3 aromatic rings. The number of carbonyl (C=O) groups is 1. The van der Waals surface area contributed by atoms with Crippen LogP contribution in [0.1, 0.15) is 29.2 Å². The fourth-order valence-electron chi connectivity index (χ4n) is 2.50. The smallest absolute Gasteiger partial charge is 0.309 e. The van der Waals surface area contributed by atoms with E-state index in [0.29, 0.717) is 5.56 Å². The number of hydrogen-bond acceptors (Lipinski definition) is 6. The second kappa shape index (κ2) is 7.91. The number of aromatic nitrogens is 2. The summed E-state index contributed by atoms with van der Waals surface area (Å²) < 4.78 is 30.8. The molecule has 9 heteroatoms. The van der Waals surface area contributed by atoms with Gasteiger partial charge in [0, 0.05) is 19.7 Å². The van der Waals surface area contributed by atoms with Crippen LogP contribution in [0.25, 0.3) is 11.5 Å². The van der Waals surface area contributed by atoms with Gasteiger partial charge >= 0.3 is 11.8 Å². The molecule has 0 aliphatic rings. The van der Waals surface area contributed by atoms with Gasteiger partial charge in [0.15, 0.2) is 0 Å². The van der Waals surface area contributed by atoms with Gasteiger partial charge in [-0.05, 0) is 36.8 Å². The molecule has 8 nitrogen and oxygen atoms in total. The van der Waals surface area contributed by atoms with E-state index in [1.165, 1.54) is 26.2 Å². The van der Waals surface area contributed by atoms with Crippen molar-refractivity contribution in [2.24, 2.45) is 0 Å². The van der Waals surface area contributed by atoms with Crippen LogP contribution in [-0.4, -0.2) is 42.9 Å². The van der Waals surface area contributed by atoms with E-state index in [1.54, 1.807) is 12.1 Å². The fraction of sp³-hybridized carbons (Fsp3) is 0.211. The van der Waals surface area contributed by atoms with Crippen molar-refractivity contribution in [3.63, 3.8) is 0 Å². The Morgan fingerprint density at radius 3 is 2.29 bits per heavy atom. The average Bonchev–Trinajstić information content (AvgIpc) is 3.19. The van der Waals surface area contributed by atoms with E-state index in [1.807, 2.05) is 37.3 Å². The molecule has 0 spiro atoms. The molecule has 3 rings (SSSR count). The lowest BCUT2D eigenvalue weighted by molar-refractivity contribution is 0.0905. The maximum absolute atomic E-state index is 12.3. The maximum Gasteiger partial charge on any atom is 0.309 e. The van der Waals surface area contributed by atoms with E-state index in [2.05, 4.69) is 15.5 Å². The van der Waals surface area contributed by atoms with Gasteiger partial charge in [-0.15, -0.1) is 10.2 Å². The number of hydrogen-bond donors (Lipinski definition) is 1. The number of benzene rings is 2. The van der Waals surface area contributed by atoms with Crippen molar-refractivity contribution in [1.82, 2.24) is 19.8 Å². The molecule has 0 saturated carbocycles. The first-order valence-corrected chi connectivity index (χ1v) is 9.95. The van der Waals surface area contributed by atoms with E-state index >= 15 is 0 Å². The van der Waals surface area contributed by atoms with Crippen LogP contribution in [0.2, 0.25) is 0 Å². The third kappa shape index (κ3) is 4.10. The van der Waals surface area contributed by atoms with Gasteiger partial charge in [-0.3, -0.25) is 4.79 Å². The third-order valence-electron chi connectivity index (χ3n) is 4.15. The van der Waals surface area contributed by atoms with Crippen LogP contribution in [0.3, 0.4) is 0 Å². The SMILES string of the molecule is C[C@H](NC(=O)c1nnc(-c2ccc(S(=O)(=O)N(C)C)cc2)o1)c1ccccc1. The van der Waals surface area contributed by atoms with E-state index in [4.69, 9.17) is 4.42 Å². The molecule has 1 N–H and O–H groups in total. The largest absolute Gasteiger partial charge is 0.412 e.